The summed E-state index contributed by atoms with van der Waals surface area (Å²) < 4.78 is 4.96. The van der Waals surface area contributed by atoms with Gasteiger partial charge >= 0.3 is 237 Å². The predicted octanol–water partition coefficient (Wildman–Crippen LogP) is 3.32. The summed E-state index contributed by atoms with van der Waals surface area (Å²) in [6.45, 7) is 14.2. The average Bonchev–Trinajstić information content (AvgIpc) is 3.57. The van der Waals surface area contributed by atoms with Crippen molar-refractivity contribution in [3.8, 4) is 11.1 Å². The summed E-state index contributed by atoms with van der Waals surface area (Å²) in [5, 5.41) is 0. The van der Waals surface area contributed by atoms with Gasteiger partial charge in [0.25, 0.3) is 0 Å². The van der Waals surface area contributed by atoms with Gasteiger partial charge in [-0.2, -0.15) is 0 Å². The van der Waals surface area contributed by atoms with Gasteiger partial charge < -0.3 is 24.8 Å². The third-order valence-electron chi connectivity index (χ3n) is 9.26. The van der Waals surface area contributed by atoms with E-state index in [0.29, 0.717) is 9.54 Å². The van der Waals surface area contributed by atoms with Gasteiger partial charge in [0.1, 0.15) is 0 Å². The summed E-state index contributed by atoms with van der Waals surface area (Å²) in [5.41, 5.74) is 14.9. The minimum absolute atomic E-state index is 0. The van der Waals surface area contributed by atoms with Crippen LogP contribution in [0.5, 0.6) is 0 Å². The molecular weight excluding hydrogens is 607 g/mol. The van der Waals surface area contributed by atoms with E-state index >= 15 is 0 Å². The minimum Gasteiger partial charge on any atom is -1.00 e. The molecule has 0 radical (unpaired) electrons. The zero-order chi connectivity index (χ0) is 26.4. The Morgan fingerprint density at radius 1 is 0.750 bits per heavy atom. The van der Waals surface area contributed by atoms with Gasteiger partial charge in [-0.05, 0) is 0 Å². The van der Waals surface area contributed by atoms with Gasteiger partial charge in [0.05, 0.1) is 0 Å². The molecule has 3 aromatic carbocycles. The maximum atomic E-state index is 2.74. The van der Waals surface area contributed by atoms with Gasteiger partial charge in [0.2, 0.25) is 0 Å². The molecule has 0 heterocycles. The summed E-state index contributed by atoms with van der Waals surface area (Å²) >= 11 is -2.43. The third kappa shape index (κ3) is 4.58. The van der Waals surface area contributed by atoms with E-state index in [0.717, 1.165) is 0 Å². The van der Waals surface area contributed by atoms with Crippen molar-refractivity contribution in [3.05, 3.63) is 127 Å². The van der Waals surface area contributed by atoms with Crippen LogP contribution >= 0.6 is 0 Å². The molecule has 0 aromatic heterocycles. The fourth-order valence-corrected chi connectivity index (χ4v) is 15.5. The fraction of sp³-hybridized carbons (Fsp3) is 0.270. The average molecular weight is 643 g/mol. The third-order valence-corrected chi connectivity index (χ3v) is 17.0. The van der Waals surface area contributed by atoms with E-state index in [9.17, 15) is 0 Å². The topological polar surface area (TPSA) is 0 Å². The molecule has 3 heteroatoms. The van der Waals surface area contributed by atoms with Gasteiger partial charge in [-0.3, -0.25) is 0 Å². The van der Waals surface area contributed by atoms with E-state index in [-0.39, 0.29) is 35.6 Å². The molecule has 0 nitrogen and oxygen atoms in total. The van der Waals surface area contributed by atoms with E-state index in [2.05, 4.69) is 136 Å². The number of fused-ring (bicyclic) bond motifs is 5. The fourth-order valence-electron chi connectivity index (χ4n) is 7.20. The largest absolute Gasteiger partial charge is 1.00 e. The first kappa shape index (κ1) is 29.4. The molecule has 1 atom stereocenters. The van der Waals surface area contributed by atoms with Crippen molar-refractivity contribution in [1.29, 1.82) is 0 Å². The van der Waals surface area contributed by atoms with Crippen molar-refractivity contribution in [2.45, 2.75) is 56.0 Å². The Balaban J connectivity index is 0.00000161. The number of hydrogen-bond donors (Lipinski definition) is 0. The van der Waals surface area contributed by atoms with Crippen LogP contribution in [0.25, 0.3) is 23.3 Å². The molecular formula is C37H36Cl2Zr. The molecule has 0 spiro atoms. The van der Waals surface area contributed by atoms with Crippen LogP contribution in [-0.2, 0) is 32.1 Å². The van der Waals surface area contributed by atoms with Crippen LogP contribution < -0.4 is 24.8 Å². The normalized spacial score (nSPS) is 20.2. The molecule has 0 saturated heterocycles. The first-order valence-electron chi connectivity index (χ1n) is 14.1. The standard InChI is InChI=1S/C23H21.C7H9.C7H6.2ClH.Zr/c1-22(2)7-5-14-10-18-16(12-20(14)22)9-17-13-21-15(11-19(17)18)6-8-23(21,3)4;1-6-3-4-7(2)5-6;1-7-5-3-2-4-6-7;;;/h5-13H,1-4H3;3,5,7H,1-2H3;1-6H;2*1H;/q;;;;;+2/p-2. The molecule has 4 aliphatic carbocycles. The van der Waals surface area contributed by atoms with Crippen molar-refractivity contribution in [2.75, 3.05) is 0 Å². The van der Waals surface area contributed by atoms with Crippen molar-refractivity contribution in [1.82, 2.24) is 0 Å². The molecule has 1 unspecified atom stereocenters. The monoisotopic (exact) mass is 640 g/mol. The van der Waals surface area contributed by atoms with Gasteiger partial charge in [-0.15, -0.1) is 0 Å². The Bertz CT molecular complexity index is 1600. The van der Waals surface area contributed by atoms with Crippen LogP contribution in [0, 0.1) is 5.92 Å². The number of hydrogen-bond acceptors (Lipinski definition) is 0. The summed E-state index contributed by atoms with van der Waals surface area (Å²) in [6.07, 6.45) is 14.5. The summed E-state index contributed by atoms with van der Waals surface area (Å²) in [6, 6.07) is 21.4. The molecule has 0 N–H and O–H groups in total. The smallest absolute Gasteiger partial charge is 1.00 e. The molecule has 202 valence electrons. The Hall–Kier alpha value is -2.05. The van der Waals surface area contributed by atoms with E-state index in [1.165, 1.54) is 44.5 Å². The maximum Gasteiger partial charge on any atom is -1.00 e. The molecule has 0 bridgehead atoms. The van der Waals surface area contributed by atoms with Crippen molar-refractivity contribution in [3.63, 3.8) is 0 Å². The van der Waals surface area contributed by atoms with Crippen LogP contribution in [0.3, 0.4) is 0 Å². The van der Waals surface area contributed by atoms with E-state index in [1.807, 2.05) is 0 Å². The number of rotatable bonds is 3. The zero-order valence-electron chi connectivity index (χ0n) is 24.1. The zero-order valence-corrected chi connectivity index (χ0v) is 28.1. The van der Waals surface area contributed by atoms with Crippen LogP contribution in [0.4, 0.5) is 0 Å². The summed E-state index contributed by atoms with van der Waals surface area (Å²) in [5.74, 6) is 0.525. The van der Waals surface area contributed by atoms with Gasteiger partial charge in [0, 0.05) is 0 Å². The Morgan fingerprint density at radius 3 is 1.75 bits per heavy atom. The minimum atomic E-state index is -2.43. The molecule has 4 aliphatic rings. The molecule has 0 fully saturated rings. The SMILES string of the molecule is CC1=CC(C)[C](/[Zr+2](=[CH]\c2ccccc2)[CH]2c3cc4c(cc3-c3cc5c(cc32)C(C)(C)C=C5)C=CC4(C)C)=C1.[Cl-].[Cl-]. The Kier molecular flexibility index (Phi) is 7.61. The second-order valence-corrected chi connectivity index (χ2v) is 18.7. The second-order valence-electron chi connectivity index (χ2n) is 12.9. The number of allylic oxidation sites excluding steroid dienone is 6. The number of benzene rings is 3. The Labute approximate surface area is 260 Å². The Morgan fingerprint density at radius 2 is 1.27 bits per heavy atom. The second kappa shape index (κ2) is 10.3. The van der Waals surface area contributed by atoms with Crippen molar-refractivity contribution in [2.24, 2.45) is 5.92 Å². The van der Waals surface area contributed by atoms with Gasteiger partial charge in [0.15, 0.2) is 0 Å². The van der Waals surface area contributed by atoms with E-state index in [1.54, 1.807) is 14.4 Å². The van der Waals surface area contributed by atoms with Crippen molar-refractivity contribution >= 4 is 15.9 Å². The summed E-state index contributed by atoms with van der Waals surface area (Å²) in [7, 11) is 0. The van der Waals surface area contributed by atoms with Gasteiger partial charge in [-0.1, -0.05) is 0 Å². The molecule has 0 aliphatic heterocycles. The van der Waals surface area contributed by atoms with E-state index in [4.69, 9.17) is 0 Å². The van der Waals surface area contributed by atoms with E-state index < -0.39 is 21.3 Å². The molecule has 40 heavy (non-hydrogen) atoms. The summed E-state index contributed by atoms with van der Waals surface area (Å²) in [4.78, 5) is 0. The first-order valence-corrected chi connectivity index (χ1v) is 18.1. The van der Waals surface area contributed by atoms with Crippen LogP contribution in [0.15, 0.2) is 87.8 Å². The van der Waals surface area contributed by atoms with Crippen LogP contribution in [0.2, 0.25) is 0 Å². The molecule has 7 rings (SSSR count). The van der Waals surface area contributed by atoms with Crippen LogP contribution in [0.1, 0.15) is 84.1 Å². The van der Waals surface area contributed by atoms with Gasteiger partial charge in [-0.25, -0.2) is 0 Å². The van der Waals surface area contributed by atoms with Crippen LogP contribution in [-0.4, -0.2) is 3.71 Å². The molecule has 0 amide bonds. The number of halogens is 2. The molecule has 3 aromatic rings. The first-order chi connectivity index (χ1) is 18.1. The quantitative estimate of drug-likeness (QED) is 0.412. The predicted molar refractivity (Wildman–Crippen MR) is 160 cm³/mol. The maximum absolute atomic E-state index is 2.74. The van der Waals surface area contributed by atoms with Crippen molar-refractivity contribution < 1.29 is 46.1 Å². The molecule has 0 saturated carbocycles.